The quantitative estimate of drug-likeness (QED) is 0.0394. The Morgan fingerprint density at radius 2 is 0.854 bits per heavy atom. The molecule has 48 heavy (non-hydrogen) atoms. The molecule has 11 heteroatoms. The van der Waals surface area contributed by atoms with Crippen LogP contribution in [0.5, 0.6) is 0 Å². The van der Waals surface area contributed by atoms with Gasteiger partial charge in [0, 0.05) is 6.42 Å². The number of carbonyl (C=O) groups is 1. The SMILES string of the molecule is CCCCCCCCCCCCCCCCCC(=O)OCCOCCOCCOCCOCCOCCOS(=O)(=O)c1ccc(C)cc1. The summed E-state index contributed by atoms with van der Waals surface area (Å²) in [4.78, 5) is 12.0. The van der Waals surface area contributed by atoms with E-state index in [1.165, 1.54) is 95.6 Å². The molecule has 0 atom stereocenters. The molecule has 1 aromatic carbocycles. The molecule has 1 rings (SSSR count). The van der Waals surface area contributed by atoms with Gasteiger partial charge in [-0.25, -0.2) is 0 Å². The van der Waals surface area contributed by atoms with Gasteiger partial charge >= 0.3 is 5.97 Å². The largest absolute Gasteiger partial charge is 0.463 e. The number of hydrogen-bond acceptors (Lipinski definition) is 10. The van der Waals surface area contributed by atoms with Crippen LogP contribution in [0.15, 0.2) is 29.2 Å². The van der Waals surface area contributed by atoms with E-state index in [0.717, 1.165) is 18.4 Å². The molecule has 0 aliphatic carbocycles. The number of esters is 1. The summed E-state index contributed by atoms with van der Waals surface area (Å²) in [6.45, 7) is 8.22. The summed E-state index contributed by atoms with van der Waals surface area (Å²) >= 11 is 0. The molecule has 1 aromatic rings. The van der Waals surface area contributed by atoms with Crippen molar-refractivity contribution in [2.24, 2.45) is 0 Å². The van der Waals surface area contributed by atoms with Gasteiger partial charge in [0.2, 0.25) is 0 Å². The van der Waals surface area contributed by atoms with Crippen LogP contribution in [0.2, 0.25) is 0 Å². The second kappa shape index (κ2) is 32.6. The zero-order chi connectivity index (χ0) is 34.8. The monoisotopic (exact) mass is 702 g/mol. The van der Waals surface area contributed by atoms with Crippen molar-refractivity contribution in [3.63, 3.8) is 0 Å². The number of rotatable bonds is 36. The van der Waals surface area contributed by atoms with Gasteiger partial charge in [0.15, 0.2) is 0 Å². The van der Waals surface area contributed by atoms with E-state index < -0.39 is 10.1 Å². The lowest BCUT2D eigenvalue weighted by atomic mass is 10.0. The summed E-state index contributed by atoms with van der Waals surface area (Å²) < 4.78 is 61.5. The van der Waals surface area contributed by atoms with E-state index in [4.69, 9.17) is 32.6 Å². The van der Waals surface area contributed by atoms with Crippen LogP contribution >= 0.6 is 0 Å². The van der Waals surface area contributed by atoms with E-state index in [1.54, 1.807) is 12.1 Å². The van der Waals surface area contributed by atoms with Gasteiger partial charge in [-0.3, -0.25) is 8.98 Å². The Morgan fingerprint density at radius 1 is 0.500 bits per heavy atom. The molecule has 0 aliphatic heterocycles. The summed E-state index contributed by atoms with van der Waals surface area (Å²) in [6, 6.07) is 6.49. The van der Waals surface area contributed by atoms with Crippen molar-refractivity contribution in [2.75, 3.05) is 79.3 Å². The standard InChI is InChI=1S/C37H66O10S/c1-3-4-5-6-7-8-9-10-11-12-13-14-15-16-17-18-37(38)46-33-31-44-29-27-42-25-23-41-24-26-43-28-30-45-32-34-47-48(39,40)36-21-19-35(2)20-22-36/h19-22H,3-18,23-34H2,1-2H3. The first-order valence-electron chi connectivity index (χ1n) is 18.5. The topological polar surface area (TPSA) is 116 Å². The number of unbranched alkanes of at least 4 members (excludes halogenated alkanes) is 14. The first-order valence-corrected chi connectivity index (χ1v) is 19.9. The average Bonchev–Trinajstić information content (AvgIpc) is 3.07. The Bertz CT molecular complexity index is 955. The molecule has 0 fully saturated rings. The molecule has 10 nitrogen and oxygen atoms in total. The van der Waals surface area contributed by atoms with Gasteiger partial charge in [-0.15, -0.1) is 0 Å². The Kier molecular flexibility index (Phi) is 30.2. The van der Waals surface area contributed by atoms with Crippen molar-refractivity contribution < 1.29 is 45.8 Å². The number of ether oxygens (including phenoxy) is 6. The summed E-state index contributed by atoms with van der Waals surface area (Å²) in [5, 5.41) is 0. The highest BCUT2D eigenvalue weighted by molar-refractivity contribution is 7.86. The number of benzene rings is 1. The second-order valence-corrected chi connectivity index (χ2v) is 13.7. The van der Waals surface area contributed by atoms with E-state index in [0.29, 0.717) is 65.9 Å². The number of aryl methyl sites for hydroxylation is 1. The molecule has 0 unspecified atom stereocenters. The summed E-state index contributed by atoms with van der Waals surface area (Å²) in [6.07, 6.45) is 20.1. The first-order chi connectivity index (χ1) is 23.5. The maximum Gasteiger partial charge on any atom is 0.305 e. The van der Waals surface area contributed by atoms with Crippen molar-refractivity contribution in [1.82, 2.24) is 0 Å². The molecule has 0 N–H and O–H groups in total. The lowest BCUT2D eigenvalue weighted by Crippen LogP contribution is -2.15. The third kappa shape index (κ3) is 28.3. The average molecular weight is 703 g/mol. The highest BCUT2D eigenvalue weighted by Gasteiger charge is 2.14. The lowest BCUT2D eigenvalue weighted by Gasteiger charge is -2.09. The normalized spacial score (nSPS) is 11.7. The van der Waals surface area contributed by atoms with Crippen LogP contribution in [-0.4, -0.2) is 93.7 Å². The van der Waals surface area contributed by atoms with Crippen LogP contribution in [0.3, 0.4) is 0 Å². The van der Waals surface area contributed by atoms with Gasteiger partial charge in [0.1, 0.15) is 6.61 Å². The molecule has 0 saturated heterocycles. The van der Waals surface area contributed by atoms with Gasteiger partial charge in [-0.1, -0.05) is 115 Å². The predicted molar refractivity (Wildman–Crippen MR) is 189 cm³/mol. The Hall–Kier alpha value is -1.60. The van der Waals surface area contributed by atoms with Gasteiger partial charge < -0.3 is 28.4 Å². The molecule has 0 radical (unpaired) electrons. The minimum absolute atomic E-state index is 0.0581. The minimum atomic E-state index is -3.77. The van der Waals surface area contributed by atoms with Crippen molar-refractivity contribution in [3.8, 4) is 0 Å². The van der Waals surface area contributed by atoms with Gasteiger partial charge in [-0.2, -0.15) is 8.42 Å². The number of carbonyl (C=O) groups excluding carboxylic acids is 1. The summed E-state index contributed by atoms with van der Waals surface area (Å²) in [5.41, 5.74) is 0.977. The molecule has 0 bridgehead atoms. The molecule has 0 saturated carbocycles. The highest BCUT2D eigenvalue weighted by Crippen LogP contribution is 2.14. The fourth-order valence-electron chi connectivity index (χ4n) is 4.88. The van der Waals surface area contributed by atoms with E-state index in [1.807, 2.05) is 6.92 Å². The molecule has 0 aliphatic rings. The van der Waals surface area contributed by atoms with Gasteiger partial charge in [0.05, 0.1) is 77.6 Å². The maximum atomic E-state index is 12.1. The van der Waals surface area contributed by atoms with Crippen LogP contribution < -0.4 is 0 Å². The second-order valence-electron chi connectivity index (χ2n) is 12.1. The maximum absolute atomic E-state index is 12.1. The number of hydrogen-bond donors (Lipinski definition) is 0. The van der Waals surface area contributed by atoms with Crippen molar-refractivity contribution in [1.29, 1.82) is 0 Å². The molecule has 280 valence electrons. The highest BCUT2D eigenvalue weighted by atomic mass is 32.2. The molecule has 0 spiro atoms. The van der Waals surface area contributed by atoms with Crippen molar-refractivity contribution in [3.05, 3.63) is 29.8 Å². The molecule has 0 heterocycles. The molecule has 0 amide bonds. The lowest BCUT2D eigenvalue weighted by molar-refractivity contribution is -0.145. The zero-order valence-corrected chi connectivity index (χ0v) is 30.9. The van der Waals surface area contributed by atoms with E-state index in [9.17, 15) is 13.2 Å². The minimum Gasteiger partial charge on any atom is -0.463 e. The molecular weight excluding hydrogens is 636 g/mol. The van der Waals surface area contributed by atoms with E-state index in [-0.39, 0.29) is 30.7 Å². The smallest absolute Gasteiger partial charge is 0.305 e. The summed E-state index contributed by atoms with van der Waals surface area (Å²) in [5.74, 6) is -0.144. The zero-order valence-electron chi connectivity index (χ0n) is 30.1. The Labute approximate surface area is 292 Å². The van der Waals surface area contributed by atoms with Crippen LogP contribution in [0.25, 0.3) is 0 Å². The third-order valence-corrected chi connectivity index (χ3v) is 9.07. The van der Waals surface area contributed by atoms with Crippen LogP contribution in [0.4, 0.5) is 0 Å². The van der Waals surface area contributed by atoms with Crippen LogP contribution in [0.1, 0.15) is 115 Å². The van der Waals surface area contributed by atoms with Gasteiger partial charge in [0.25, 0.3) is 10.1 Å². The molecular formula is C37H66O10S. The third-order valence-electron chi connectivity index (χ3n) is 7.74. The Balaban J connectivity index is 1.72. The predicted octanol–water partition coefficient (Wildman–Crippen LogP) is 7.59. The first kappa shape index (κ1) is 44.4. The van der Waals surface area contributed by atoms with E-state index in [2.05, 4.69) is 6.92 Å². The Morgan fingerprint density at radius 3 is 1.27 bits per heavy atom. The summed E-state index contributed by atoms with van der Waals surface area (Å²) in [7, 11) is -3.77. The fourth-order valence-corrected chi connectivity index (χ4v) is 5.78. The van der Waals surface area contributed by atoms with Crippen LogP contribution in [0, 0.1) is 6.92 Å². The molecule has 0 aromatic heterocycles. The van der Waals surface area contributed by atoms with Crippen LogP contribution in [-0.2, 0) is 47.5 Å². The van der Waals surface area contributed by atoms with Crippen molar-refractivity contribution in [2.45, 2.75) is 121 Å². The van der Waals surface area contributed by atoms with E-state index >= 15 is 0 Å². The van der Waals surface area contributed by atoms with Gasteiger partial charge in [-0.05, 0) is 25.5 Å². The van der Waals surface area contributed by atoms with Crippen molar-refractivity contribution >= 4 is 16.1 Å². The fraction of sp³-hybridized carbons (Fsp3) is 0.811.